The Balaban J connectivity index is 2.81. The second-order valence-corrected chi connectivity index (χ2v) is 3.52. The summed E-state index contributed by atoms with van der Waals surface area (Å²) >= 11 is 5.44. The molecule has 0 amide bonds. The Kier molecular flexibility index (Phi) is 5.22. The summed E-state index contributed by atoms with van der Waals surface area (Å²) in [6, 6.07) is 6.13. The highest BCUT2D eigenvalue weighted by atomic mass is 35.5. The van der Waals surface area contributed by atoms with Gasteiger partial charge in [0.15, 0.2) is 0 Å². The lowest BCUT2D eigenvalue weighted by atomic mass is 10.1. The maximum absolute atomic E-state index is 5.65. The van der Waals surface area contributed by atoms with E-state index in [0.29, 0.717) is 6.61 Å². The molecule has 0 aromatic heterocycles. The number of para-hydroxylation sites is 1. The first kappa shape index (κ1) is 12.1. The summed E-state index contributed by atoms with van der Waals surface area (Å²) in [5.74, 6) is 0.946. The summed E-state index contributed by atoms with van der Waals surface area (Å²) in [7, 11) is 1.92. The van der Waals surface area contributed by atoms with Gasteiger partial charge < -0.3 is 10.1 Å². The van der Waals surface area contributed by atoms with Crippen LogP contribution in [0.4, 0.5) is 0 Å². The molecule has 0 fully saturated rings. The van der Waals surface area contributed by atoms with Gasteiger partial charge in [0, 0.05) is 17.6 Å². The van der Waals surface area contributed by atoms with Crippen LogP contribution >= 0.6 is 11.6 Å². The van der Waals surface area contributed by atoms with Gasteiger partial charge >= 0.3 is 0 Å². The van der Waals surface area contributed by atoms with Crippen molar-refractivity contribution in [1.82, 2.24) is 5.32 Å². The topological polar surface area (TPSA) is 21.3 Å². The molecule has 0 bridgehead atoms. The minimum Gasteiger partial charge on any atom is -0.489 e. The minimum atomic E-state index is 0.505. The van der Waals surface area contributed by atoms with E-state index >= 15 is 0 Å². The van der Waals surface area contributed by atoms with Crippen molar-refractivity contribution in [2.75, 3.05) is 13.7 Å². The number of halogens is 1. The van der Waals surface area contributed by atoms with Gasteiger partial charge in [0.05, 0.1) is 0 Å². The van der Waals surface area contributed by atoms with Crippen LogP contribution in [0.25, 0.3) is 0 Å². The lowest BCUT2D eigenvalue weighted by Crippen LogP contribution is -2.08. The average molecular weight is 226 g/mol. The van der Waals surface area contributed by atoms with E-state index in [1.807, 2.05) is 26.1 Å². The Morgan fingerprint density at radius 3 is 2.93 bits per heavy atom. The van der Waals surface area contributed by atoms with Crippen LogP contribution in [0.1, 0.15) is 11.1 Å². The number of hydrogen-bond acceptors (Lipinski definition) is 2. The van der Waals surface area contributed by atoms with Crippen LogP contribution in [0.3, 0.4) is 0 Å². The second kappa shape index (κ2) is 6.49. The summed E-state index contributed by atoms with van der Waals surface area (Å²) < 4.78 is 5.65. The van der Waals surface area contributed by atoms with Crippen molar-refractivity contribution >= 4 is 11.6 Å². The number of ether oxygens (including phenoxy) is 1. The van der Waals surface area contributed by atoms with Gasteiger partial charge in [0.1, 0.15) is 12.4 Å². The molecule has 0 aliphatic rings. The summed E-state index contributed by atoms with van der Waals surface area (Å²) in [6.45, 7) is 3.35. The molecule has 82 valence electrons. The maximum atomic E-state index is 5.65. The molecule has 1 rings (SSSR count). The van der Waals surface area contributed by atoms with Gasteiger partial charge in [0.25, 0.3) is 0 Å². The fraction of sp³-hybridized carbons (Fsp3) is 0.333. The zero-order valence-electron chi connectivity index (χ0n) is 9.09. The first-order chi connectivity index (χ1) is 7.29. The van der Waals surface area contributed by atoms with Gasteiger partial charge in [-0.3, -0.25) is 0 Å². The molecule has 0 spiro atoms. The molecule has 0 unspecified atom stereocenters. The Morgan fingerprint density at radius 2 is 2.27 bits per heavy atom. The minimum absolute atomic E-state index is 0.505. The number of rotatable bonds is 5. The third-order valence-electron chi connectivity index (χ3n) is 2.07. The fourth-order valence-electron chi connectivity index (χ4n) is 1.42. The molecule has 0 heterocycles. The third kappa shape index (κ3) is 3.57. The van der Waals surface area contributed by atoms with E-state index in [-0.39, 0.29) is 0 Å². The Hall–Kier alpha value is -0.990. The highest BCUT2D eigenvalue weighted by Gasteiger charge is 2.04. The summed E-state index contributed by atoms with van der Waals surface area (Å²) in [6.07, 6.45) is 1.77. The molecule has 0 aliphatic carbocycles. The van der Waals surface area contributed by atoms with Gasteiger partial charge in [-0.25, -0.2) is 0 Å². The molecule has 1 aromatic carbocycles. The standard InChI is InChI=1S/C12H16ClNO/c1-10-5-3-6-11(9-14-2)12(10)15-8-4-7-13/h3-7,14H,8-9H2,1-2H3/b7-4+. The van der Waals surface area contributed by atoms with Crippen molar-refractivity contribution in [1.29, 1.82) is 0 Å². The predicted octanol–water partition coefficient (Wildman–Crippen LogP) is 2.85. The van der Waals surface area contributed by atoms with Crippen molar-refractivity contribution in [3.05, 3.63) is 40.9 Å². The Morgan fingerprint density at radius 1 is 1.47 bits per heavy atom. The maximum Gasteiger partial charge on any atom is 0.127 e. The monoisotopic (exact) mass is 225 g/mol. The average Bonchev–Trinajstić information content (AvgIpc) is 2.23. The predicted molar refractivity (Wildman–Crippen MR) is 64.4 cm³/mol. The molecule has 0 saturated carbocycles. The molecule has 0 saturated heterocycles. The lowest BCUT2D eigenvalue weighted by molar-refractivity contribution is 0.355. The number of hydrogen-bond donors (Lipinski definition) is 1. The van der Waals surface area contributed by atoms with E-state index in [2.05, 4.69) is 11.4 Å². The van der Waals surface area contributed by atoms with Crippen LogP contribution in [0.15, 0.2) is 29.8 Å². The molecule has 1 aromatic rings. The smallest absolute Gasteiger partial charge is 0.127 e. The van der Waals surface area contributed by atoms with Crippen LogP contribution in [-0.4, -0.2) is 13.7 Å². The molecule has 0 atom stereocenters. The first-order valence-electron chi connectivity index (χ1n) is 4.90. The van der Waals surface area contributed by atoms with Crippen molar-refractivity contribution < 1.29 is 4.74 Å². The van der Waals surface area contributed by atoms with E-state index in [4.69, 9.17) is 16.3 Å². The largest absolute Gasteiger partial charge is 0.489 e. The SMILES string of the molecule is CNCc1cccc(C)c1OC/C=C/Cl. The van der Waals surface area contributed by atoms with E-state index < -0.39 is 0 Å². The van der Waals surface area contributed by atoms with Crippen LogP contribution in [0.5, 0.6) is 5.75 Å². The van der Waals surface area contributed by atoms with Crippen LogP contribution in [-0.2, 0) is 6.54 Å². The van der Waals surface area contributed by atoms with Gasteiger partial charge in [-0.2, -0.15) is 0 Å². The number of nitrogens with one attached hydrogen (secondary N) is 1. The van der Waals surface area contributed by atoms with Crippen molar-refractivity contribution in [3.63, 3.8) is 0 Å². The zero-order chi connectivity index (χ0) is 11.1. The van der Waals surface area contributed by atoms with Crippen LogP contribution in [0, 0.1) is 6.92 Å². The molecular weight excluding hydrogens is 210 g/mol. The molecule has 15 heavy (non-hydrogen) atoms. The molecule has 2 nitrogen and oxygen atoms in total. The molecular formula is C12H16ClNO. The normalized spacial score (nSPS) is 10.9. The molecule has 0 aliphatic heterocycles. The Labute approximate surface area is 95.9 Å². The van der Waals surface area contributed by atoms with Gasteiger partial charge in [0.2, 0.25) is 0 Å². The second-order valence-electron chi connectivity index (χ2n) is 3.27. The summed E-state index contributed by atoms with van der Waals surface area (Å²) in [5.41, 5.74) is 3.78. The number of benzene rings is 1. The molecule has 0 radical (unpaired) electrons. The lowest BCUT2D eigenvalue weighted by Gasteiger charge is -2.12. The van der Waals surface area contributed by atoms with Gasteiger partial charge in [-0.15, -0.1) is 0 Å². The molecule has 1 N–H and O–H groups in total. The van der Waals surface area contributed by atoms with Crippen molar-refractivity contribution in [2.45, 2.75) is 13.5 Å². The van der Waals surface area contributed by atoms with Crippen molar-refractivity contribution in [2.24, 2.45) is 0 Å². The number of aryl methyl sites for hydroxylation is 1. The van der Waals surface area contributed by atoms with E-state index in [1.54, 1.807) is 6.08 Å². The van der Waals surface area contributed by atoms with E-state index in [0.717, 1.165) is 17.9 Å². The van der Waals surface area contributed by atoms with E-state index in [9.17, 15) is 0 Å². The molecule has 3 heteroatoms. The quantitative estimate of drug-likeness (QED) is 0.832. The summed E-state index contributed by atoms with van der Waals surface area (Å²) in [4.78, 5) is 0. The zero-order valence-corrected chi connectivity index (χ0v) is 9.84. The van der Waals surface area contributed by atoms with Crippen LogP contribution < -0.4 is 10.1 Å². The van der Waals surface area contributed by atoms with Crippen molar-refractivity contribution in [3.8, 4) is 5.75 Å². The third-order valence-corrected chi connectivity index (χ3v) is 2.25. The highest BCUT2D eigenvalue weighted by molar-refractivity contribution is 6.25. The fourth-order valence-corrected chi connectivity index (χ4v) is 1.49. The summed E-state index contributed by atoms with van der Waals surface area (Å²) in [5, 5.41) is 3.12. The van der Waals surface area contributed by atoms with E-state index in [1.165, 1.54) is 11.1 Å². The van der Waals surface area contributed by atoms with Gasteiger partial charge in [-0.1, -0.05) is 29.8 Å². The Bertz CT molecular complexity index is 336. The highest BCUT2D eigenvalue weighted by Crippen LogP contribution is 2.23. The first-order valence-corrected chi connectivity index (χ1v) is 5.34. The van der Waals surface area contributed by atoms with Gasteiger partial charge in [-0.05, 0) is 25.6 Å². The van der Waals surface area contributed by atoms with Crippen LogP contribution in [0.2, 0.25) is 0 Å².